The van der Waals surface area contributed by atoms with Gasteiger partial charge in [-0.3, -0.25) is 0 Å². The molecule has 0 N–H and O–H groups in total. The fourth-order valence-corrected chi connectivity index (χ4v) is 3.89. The minimum absolute atomic E-state index is 0.803. The van der Waals surface area contributed by atoms with Crippen LogP contribution < -0.4 is 4.74 Å². The lowest BCUT2D eigenvalue weighted by Crippen LogP contribution is -2.33. The highest BCUT2D eigenvalue weighted by atomic mass is 32.2. The van der Waals surface area contributed by atoms with Crippen LogP contribution in [0.4, 0.5) is 0 Å². The van der Waals surface area contributed by atoms with Gasteiger partial charge in [-0.15, -0.1) is 0 Å². The molecular weight excluding hydrogens is 292 g/mol. The van der Waals surface area contributed by atoms with Crippen molar-refractivity contribution >= 4 is 17.7 Å². The van der Waals surface area contributed by atoms with E-state index in [0.717, 1.165) is 24.5 Å². The van der Waals surface area contributed by atoms with Gasteiger partial charge in [-0.05, 0) is 42.5 Å². The molecule has 1 unspecified atom stereocenters. The standard InChI is InChI=1S/C18H24N2OS/c1-14-5-4-10-20(13-14)18-9-8-16(19-22-18)11-15-6-3-7-17(12-15)21-2/h3,6-7,9,12,14H,4-5,8,10-11,13H2,1-2H3. The number of methoxy groups -OCH3 is 1. The second kappa shape index (κ2) is 7.23. The van der Waals surface area contributed by atoms with Crippen LogP contribution >= 0.6 is 11.9 Å². The summed E-state index contributed by atoms with van der Waals surface area (Å²) in [6.07, 6.45) is 6.89. The Bertz CT molecular complexity index is 582. The molecule has 118 valence electrons. The Labute approximate surface area is 137 Å². The van der Waals surface area contributed by atoms with Gasteiger partial charge in [0.25, 0.3) is 0 Å². The van der Waals surface area contributed by atoms with Crippen molar-refractivity contribution in [3.05, 3.63) is 40.9 Å². The lowest BCUT2D eigenvalue weighted by Gasteiger charge is -2.34. The molecule has 1 aromatic carbocycles. The van der Waals surface area contributed by atoms with E-state index < -0.39 is 0 Å². The van der Waals surface area contributed by atoms with Gasteiger partial charge in [0.2, 0.25) is 0 Å². The summed E-state index contributed by atoms with van der Waals surface area (Å²) in [6, 6.07) is 8.26. The maximum absolute atomic E-state index is 5.29. The van der Waals surface area contributed by atoms with Gasteiger partial charge in [-0.2, -0.15) is 0 Å². The van der Waals surface area contributed by atoms with Crippen LogP contribution in [0.2, 0.25) is 0 Å². The summed E-state index contributed by atoms with van der Waals surface area (Å²) in [5, 5.41) is 1.35. The zero-order valence-corrected chi connectivity index (χ0v) is 14.2. The number of nitrogens with zero attached hydrogens (tertiary/aromatic N) is 2. The number of rotatable bonds is 4. The summed E-state index contributed by atoms with van der Waals surface area (Å²) in [5.74, 6) is 1.72. The number of benzene rings is 1. The van der Waals surface area contributed by atoms with Crippen molar-refractivity contribution in [2.75, 3.05) is 20.2 Å². The van der Waals surface area contributed by atoms with E-state index in [4.69, 9.17) is 9.13 Å². The third-order valence-electron chi connectivity index (χ3n) is 4.29. The van der Waals surface area contributed by atoms with Gasteiger partial charge >= 0.3 is 0 Å². The molecule has 0 aliphatic carbocycles. The van der Waals surface area contributed by atoms with Gasteiger partial charge < -0.3 is 9.64 Å². The van der Waals surface area contributed by atoms with Crippen LogP contribution in [0.1, 0.15) is 31.7 Å². The molecule has 0 bridgehead atoms. The summed E-state index contributed by atoms with van der Waals surface area (Å²) in [6.45, 7) is 4.71. The highest BCUT2D eigenvalue weighted by Crippen LogP contribution is 2.31. The van der Waals surface area contributed by atoms with Crippen molar-refractivity contribution in [3.8, 4) is 5.75 Å². The Morgan fingerprint density at radius 2 is 2.32 bits per heavy atom. The molecular formula is C18H24N2OS. The number of allylic oxidation sites excluding steroid dienone is 1. The molecule has 3 rings (SSSR count). The largest absolute Gasteiger partial charge is 0.497 e. The molecule has 1 fully saturated rings. The molecule has 1 saturated heterocycles. The predicted octanol–water partition coefficient (Wildman–Crippen LogP) is 4.30. The first kappa shape index (κ1) is 15.5. The van der Waals surface area contributed by atoms with Crippen molar-refractivity contribution in [1.29, 1.82) is 0 Å². The van der Waals surface area contributed by atoms with E-state index in [1.165, 1.54) is 42.2 Å². The summed E-state index contributed by atoms with van der Waals surface area (Å²) in [5.41, 5.74) is 2.51. The van der Waals surface area contributed by atoms with E-state index in [9.17, 15) is 0 Å². The van der Waals surface area contributed by atoms with Gasteiger partial charge in [0.05, 0.1) is 12.1 Å². The fourth-order valence-electron chi connectivity index (χ4n) is 3.09. The van der Waals surface area contributed by atoms with Crippen molar-refractivity contribution in [2.45, 2.75) is 32.6 Å². The molecule has 1 atom stereocenters. The van der Waals surface area contributed by atoms with Crippen molar-refractivity contribution < 1.29 is 4.74 Å². The van der Waals surface area contributed by atoms with Crippen LogP contribution in [0, 0.1) is 5.92 Å². The van der Waals surface area contributed by atoms with E-state index in [1.54, 1.807) is 19.1 Å². The number of hydrogen-bond acceptors (Lipinski definition) is 4. The van der Waals surface area contributed by atoms with Crippen molar-refractivity contribution in [3.63, 3.8) is 0 Å². The number of hydrogen-bond donors (Lipinski definition) is 0. The SMILES string of the molecule is COc1cccc(CC2=NSC(N3CCCC(C)C3)=CC2)c1. The molecule has 2 heterocycles. The third-order valence-corrected chi connectivity index (χ3v) is 5.25. The van der Waals surface area contributed by atoms with Crippen LogP contribution in [0.25, 0.3) is 0 Å². The average Bonchev–Trinajstić information content (AvgIpc) is 2.56. The van der Waals surface area contributed by atoms with Gasteiger partial charge in [0, 0.05) is 43.6 Å². The first-order chi connectivity index (χ1) is 10.7. The van der Waals surface area contributed by atoms with E-state index >= 15 is 0 Å². The molecule has 0 amide bonds. The molecule has 3 nitrogen and oxygen atoms in total. The van der Waals surface area contributed by atoms with E-state index in [1.807, 2.05) is 12.1 Å². The molecule has 4 heteroatoms. The highest BCUT2D eigenvalue weighted by molar-refractivity contribution is 8.01. The Balaban J connectivity index is 1.58. The second-order valence-electron chi connectivity index (χ2n) is 6.22. The first-order valence-corrected chi connectivity index (χ1v) is 8.82. The highest BCUT2D eigenvalue weighted by Gasteiger charge is 2.20. The summed E-state index contributed by atoms with van der Waals surface area (Å²) < 4.78 is 10.0. The molecule has 22 heavy (non-hydrogen) atoms. The monoisotopic (exact) mass is 316 g/mol. The first-order valence-electron chi connectivity index (χ1n) is 8.05. The van der Waals surface area contributed by atoms with Crippen molar-refractivity contribution in [2.24, 2.45) is 10.3 Å². The van der Waals surface area contributed by atoms with Crippen LogP contribution in [-0.2, 0) is 6.42 Å². The molecule has 0 saturated carbocycles. The van der Waals surface area contributed by atoms with Crippen LogP contribution in [-0.4, -0.2) is 30.8 Å². The fraction of sp³-hybridized carbons (Fsp3) is 0.500. The third kappa shape index (κ3) is 3.86. The minimum atomic E-state index is 0.803. The van der Waals surface area contributed by atoms with Crippen LogP contribution in [0.3, 0.4) is 0 Å². The minimum Gasteiger partial charge on any atom is -0.497 e. The molecule has 2 aliphatic heterocycles. The topological polar surface area (TPSA) is 24.8 Å². The van der Waals surface area contributed by atoms with Crippen molar-refractivity contribution in [1.82, 2.24) is 4.90 Å². The maximum atomic E-state index is 5.29. The lowest BCUT2D eigenvalue weighted by atomic mass is 10.0. The quantitative estimate of drug-likeness (QED) is 0.774. The Hall–Kier alpha value is -1.42. The van der Waals surface area contributed by atoms with E-state index in [-0.39, 0.29) is 0 Å². The average molecular weight is 316 g/mol. The second-order valence-corrected chi connectivity index (χ2v) is 7.00. The number of ether oxygens (including phenoxy) is 1. The Morgan fingerprint density at radius 1 is 1.41 bits per heavy atom. The van der Waals surface area contributed by atoms with E-state index in [2.05, 4.69) is 30.0 Å². The number of piperidine rings is 1. The Morgan fingerprint density at radius 3 is 3.05 bits per heavy atom. The maximum Gasteiger partial charge on any atom is 0.119 e. The summed E-state index contributed by atoms with van der Waals surface area (Å²) in [4.78, 5) is 2.50. The smallest absolute Gasteiger partial charge is 0.119 e. The van der Waals surface area contributed by atoms with Gasteiger partial charge in [0.1, 0.15) is 5.75 Å². The molecule has 0 spiro atoms. The normalized spacial score (nSPS) is 22.1. The zero-order chi connectivity index (χ0) is 15.4. The molecule has 0 radical (unpaired) electrons. The van der Waals surface area contributed by atoms with Gasteiger partial charge in [0.15, 0.2) is 0 Å². The van der Waals surface area contributed by atoms with Crippen LogP contribution in [0.15, 0.2) is 39.8 Å². The lowest BCUT2D eigenvalue weighted by molar-refractivity contribution is 0.241. The predicted molar refractivity (Wildman–Crippen MR) is 94.4 cm³/mol. The van der Waals surface area contributed by atoms with Gasteiger partial charge in [-0.1, -0.05) is 19.1 Å². The van der Waals surface area contributed by atoms with E-state index in [0.29, 0.717) is 0 Å². The number of likely N-dealkylation sites (tertiary alicyclic amines) is 1. The Kier molecular flexibility index (Phi) is 5.08. The summed E-state index contributed by atoms with van der Waals surface area (Å²) in [7, 11) is 1.71. The van der Waals surface area contributed by atoms with Gasteiger partial charge in [-0.25, -0.2) is 4.40 Å². The summed E-state index contributed by atoms with van der Waals surface area (Å²) >= 11 is 1.65. The molecule has 0 aromatic heterocycles. The van der Waals surface area contributed by atoms with Crippen LogP contribution in [0.5, 0.6) is 5.75 Å². The molecule has 2 aliphatic rings. The molecule has 1 aromatic rings. The zero-order valence-electron chi connectivity index (χ0n) is 13.4.